The molecular weight excluding hydrogens is 422 g/mol. The molecule has 1 aromatic carbocycles. The lowest BCUT2D eigenvalue weighted by Gasteiger charge is -2.17. The Hall–Kier alpha value is -2.04. The SMILES string of the molecule is CC(COc1ccccc1)Nc1nc2c(c(NCCCS(=O)(=O)N(C)C)n1)SCC2. The smallest absolute Gasteiger partial charge is 0.225 e. The van der Waals surface area contributed by atoms with Crippen LogP contribution in [0.5, 0.6) is 5.75 Å². The first-order valence-corrected chi connectivity index (χ1v) is 12.6. The zero-order valence-corrected chi connectivity index (χ0v) is 19.2. The van der Waals surface area contributed by atoms with E-state index in [-0.39, 0.29) is 11.8 Å². The molecule has 0 amide bonds. The summed E-state index contributed by atoms with van der Waals surface area (Å²) in [6.45, 7) is 3.04. The summed E-state index contributed by atoms with van der Waals surface area (Å²) in [4.78, 5) is 10.4. The summed E-state index contributed by atoms with van der Waals surface area (Å²) in [7, 11) is -0.0825. The molecule has 1 aliphatic heterocycles. The molecule has 0 radical (unpaired) electrons. The Morgan fingerprint density at radius 2 is 2.00 bits per heavy atom. The fourth-order valence-corrected chi connectivity index (χ4v) is 4.84. The van der Waals surface area contributed by atoms with Crippen LogP contribution in [0.3, 0.4) is 0 Å². The van der Waals surface area contributed by atoms with Gasteiger partial charge in [0.25, 0.3) is 0 Å². The molecule has 0 aliphatic carbocycles. The lowest BCUT2D eigenvalue weighted by atomic mass is 10.3. The van der Waals surface area contributed by atoms with Crippen LogP contribution < -0.4 is 15.4 Å². The van der Waals surface area contributed by atoms with Crippen molar-refractivity contribution in [3.8, 4) is 5.75 Å². The number of para-hydroxylation sites is 1. The van der Waals surface area contributed by atoms with E-state index in [1.165, 1.54) is 4.31 Å². The average Bonchev–Trinajstić information content (AvgIpc) is 3.19. The number of nitrogens with zero attached hydrogens (tertiary/aromatic N) is 3. The minimum atomic E-state index is -3.19. The molecule has 2 heterocycles. The number of ether oxygens (including phenoxy) is 1. The zero-order valence-electron chi connectivity index (χ0n) is 17.6. The van der Waals surface area contributed by atoms with Crippen LogP contribution in [0.1, 0.15) is 19.0 Å². The van der Waals surface area contributed by atoms with Crippen LogP contribution >= 0.6 is 11.8 Å². The molecule has 164 valence electrons. The Morgan fingerprint density at radius 1 is 1.23 bits per heavy atom. The molecule has 2 aromatic rings. The van der Waals surface area contributed by atoms with E-state index >= 15 is 0 Å². The summed E-state index contributed by atoms with van der Waals surface area (Å²) < 4.78 is 30.9. The molecule has 1 aromatic heterocycles. The van der Waals surface area contributed by atoms with Gasteiger partial charge in [-0.3, -0.25) is 0 Å². The molecule has 30 heavy (non-hydrogen) atoms. The predicted octanol–water partition coefficient (Wildman–Crippen LogP) is 2.70. The molecule has 0 fully saturated rings. The van der Waals surface area contributed by atoms with Gasteiger partial charge in [-0.2, -0.15) is 4.98 Å². The summed E-state index contributed by atoms with van der Waals surface area (Å²) in [6.07, 6.45) is 1.41. The first-order chi connectivity index (χ1) is 14.3. The maximum atomic E-state index is 11.9. The summed E-state index contributed by atoms with van der Waals surface area (Å²) >= 11 is 1.73. The number of aryl methyl sites for hydroxylation is 1. The Morgan fingerprint density at radius 3 is 2.73 bits per heavy atom. The molecule has 1 unspecified atom stereocenters. The second-order valence-electron chi connectivity index (χ2n) is 7.32. The van der Waals surface area contributed by atoms with E-state index in [9.17, 15) is 8.42 Å². The topological polar surface area (TPSA) is 96.4 Å². The van der Waals surface area contributed by atoms with E-state index in [0.717, 1.165) is 34.3 Å². The van der Waals surface area contributed by atoms with Gasteiger partial charge in [0, 0.05) is 32.8 Å². The summed E-state index contributed by atoms with van der Waals surface area (Å²) in [5.41, 5.74) is 1.03. The quantitative estimate of drug-likeness (QED) is 0.504. The zero-order chi connectivity index (χ0) is 21.6. The minimum Gasteiger partial charge on any atom is -0.491 e. The van der Waals surface area contributed by atoms with Gasteiger partial charge in [-0.25, -0.2) is 17.7 Å². The van der Waals surface area contributed by atoms with Crippen molar-refractivity contribution in [2.24, 2.45) is 0 Å². The Labute approximate surface area is 182 Å². The lowest BCUT2D eigenvalue weighted by Crippen LogP contribution is -2.26. The Balaban J connectivity index is 1.58. The van der Waals surface area contributed by atoms with Crippen LogP contribution in [-0.2, 0) is 16.4 Å². The molecule has 1 aliphatic rings. The summed E-state index contributed by atoms with van der Waals surface area (Å²) in [6, 6.07) is 9.71. The Kier molecular flexibility index (Phi) is 7.79. The van der Waals surface area contributed by atoms with Crippen molar-refractivity contribution in [1.29, 1.82) is 0 Å². The number of nitrogens with one attached hydrogen (secondary N) is 2. The van der Waals surface area contributed by atoms with Gasteiger partial charge >= 0.3 is 0 Å². The Bertz CT molecular complexity index is 939. The number of hydrogen-bond donors (Lipinski definition) is 2. The standard InChI is InChI=1S/C20H29N5O3S2/c1-15(14-28-16-8-5-4-6-9-16)22-20-23-17-10-12-29-18(17)19(24-20)21-11-7-13-30(26,27)25(2)3/h4-6,8-9,15H,7,10-14H2,1-3H3,(H2,21,22,23,24). The maximum absolute atomic E-state index is 11.9. The second kappa shape index (κ2) is 10.3. The third-order valence-corrected chi connectivity index (χ3v) is 7.61. The fraction of sp³-hybridized carbons (Fsp3) is 0.500. The van der Waals surface area contributed by atoms with Crippen molar-refractivity contribution in [3.63, 3.8) is 0 Å². The summed E-state index contributed by atoms with van der Waals surface area (Å²) in [5.74, 6) is 3.23. The average molecular weight is 452 g/mol. The van der Waals surface area contributed by atoms with Crippen molar-refractivity contribution < 1.29 is 13.2 Å². The number of hydrogen-bond acceptors (Lipinski definition) is 8. The van der Waals surface area contributed by atoms with Crippen molar-refractivity contribution in [2.45, 2.75) is 30.7 Å². The molecular formula is C20H29N5O3S2. The number of benzene rings is 1. The molecule has 0 bridgehead atoms. The molecule has 0 spiro atoms. The van der Waals surface area contributed by atoms with Crippen molar-refractivity contribution in [3.05, 3.63) is 36.0 Å². The second-order valence-corrected chi connectivity index (χ2v) is 10.7. The van der Waals surface area contributed by atoms with Gasteiger partial charge in [-0.15, -0.1) is 11.8 Å². The number of thioether (sulfide) groups is 1. The van der Waals surface area contributed by atoms with Gasteiger partial charge in [-0.1, -0.05) is 18.2 Å². The van der Waals surface area contributed by atoms with Gasteiger partial charge in [-0.05, 0) is 25.5 Å². The normalized spacial score (nSPS) is 14.4. The number of rotatable bonds is 11. The summed E-state index contributed by atoms with van der Waals surface area (Å²) in [5, 5.41) is 6.61. The van der Waals surface area contributed by atoms with Crippen LogP contribution in [0.15, 0.2) is 35.2 Å². The van der Waals surface area contributed by atoms with Crippen molar-refractivity contribution >= 4 is 33.6 Å². The van der Waals surface area contributed by atoms with E-state index < -0.39 is 10.0 Å². The highest BCUT2D eigenvalue weighted by atomic mass is 32.2. The highest BCUT2D eigenvalue weighted by Gasteiger charge is 2.21. The maximum Gasteiger partial charge on any atom is 0.225 e. The molecule has 1 atom stereocenters. The third kappa shape index (κ3) is 6.23. The van der Waals surface area contributed by atoms with E-state index in [0.29, 0.717) is 25.5 Å². The van der Waals surface area contributed by atoms with E-state index in [4.69, 9.17) is 4.74 Å². The van der Waals surface area contributed by atoms with Gasteiger partial charge in [0.2, 0.25) is 16.0 Å². The number of anilines is 2. The van der Waals surface area contributed by atoms with Gasteiger partial charge in [0.1, 0.15) is 18.2 Å². The molecule has 0 saturated carbocycles. The molecule has 10 heteroatoms. The van der Waals surface area contributed by atoms with Gasteiger partial charge in [0.05, 0.1) is 22.4 Å². The lowest BCUT2D eigenvalue weighted by molar-refractivity contribution is 0.303. The number of sulfonamides is 1. The third-order valence-electron chi connectivity index (χ3n) is 4.57. The van der Waals surface area contributed by atoms with Crippen LogP contribution in [0.2, 0.25) is 0 Å². The van der Waals surface area contributed by atoms with Gasteiger partial charge in [0.15, 0.2) is 0 Å². The highest BCUT2D eigenvalue weighted by Crippen LogP contribution is 2.36. The highest BCUT2D eigenvalue weighted by molar-refractivity contribution is 7.99. The van der Waals surface area contributed by atoms with Crippen LogP contribution in [0.25, 0.3) is 0 Å². The van der Waals surface area contributed by atoms with Crippen LogP contribution in [0.4, 0.5) is 11.8 Å². The van der Waals surface area contributed by atoms with Crippen LogP contribution in [-0.4, -0.2) is 67.5 Å². The van der Waals surface area contributed by atoms with Crippen LogP contribution in [0, 0.1) is 0 Å². The van der Waals surface area contributed by atoms with Crippen molar-refractivity contribution in [1.82, 2.24) is 14.3 Å². The van der Waals surface area contributed by atoms with E-state index in [1.807, 2.05) is 37.3 Å². The fourth-order valence-electron chi connectivity index (χ4n) is 2.90. The molecule has 2 N–H and O–H groups in total. The molecule has 8 nitrogen and oxygen atoms in total. The first-order valence-electron chi connectivity index (χ1n) is 9.97. The first kappa shape index (κ1) is 22.6. The van der Waals surface area contributed by atoms with Crippen molar-refractivity contribution in [2.75, 3.05) is 49.4 Å². The molecule has 0 saturated heterocycles. The molecule has 3 rings (SSSR count). The number of aromatic nitrogens is 2. The predicted molar refractivity (Wildman–Crippen MR) is 122 cm³/mol. The largest absolute Gasteiger partial charge is 0.491 e. The minimum absolute atomic E-state index is 0.0235. The van der Waals surface area contributed by atoms with E-state index in [2.05, 4.69) is 20.6 Å². The monoisotopic (exact) mass is 451 g/mol. The number of fused-ring (bicyclic) bond motifs is 1. The van der Waals surface area contributed by atoms with Gasteiger partial charge < -0.3 is 15.4 Å². The van der Waals surface area contributed by atoms with E-state index in [1.54, 1.807) is 25.9 Å².